The molecule has 0 amide bonds. The van der Waals surface area contributed by atoms with Gasteiger partial charge in [0.05, 0.1) is 0 Å². The predicted molar refractivity (Wildman–Crippen MR) is 74.2 cm³/mol. The van der Waals surface area contributed by atoms with Gasteiger partial charge >= 0.3 is 0 Å². The summed E-state index contributed by atoms with van der Waals surface area (Å²) in [7, 11) is 2.15. The fourth-order valence-corrected chi connectivity index (χ4v) is 3.94. The molecule has 0 bridgehead atoms. The first-order valence-electron chi connectivity index (χ1n) is 7.63. The van der Waals surface area contributed by atoms with Crippen LogP contribution in [0.15, 0.2) is 0 Å². The minimum absolute atomic E-state index is 0.775. The van der Waals surface area contributed by atoms with E-state index in [2.05, 4.69) is 31.1 Å². The highest BCUT2D eigenvalue weighted by molar-refractivity contribution is 4.87. The minimum atomic E-state index is 0.775. The topological polar surface area (TPSA) is 15.3 Å². The molecule has 2 heteroatoms. The lowest BCUT2D eigenvalue weighted by atomic mass is 9.84. The highest BCUT2D eigenvalue weighted by atomic mass is 15.2. The number of nitrogens with zero attached hydrogens (tertiary/aromatic N) is 1. The van der Waals surface area contributed by atoms with Gasteiger partial charge in [-0.2, -0.15) is 0 Å². The Balaban J connectivity index is 1.90. The van der Waals surface area contributed by atoms with Crippen molar-refractivity contribution < 1.29 is 0 Å². The van der Waals surface area contributed by atoms with Crippen LogP contribution in [0.2, 0.25) is 0 Å². The van der Waals surface area contributed by atoms with E-state index in [0.717, 1.165) is 23.9 Å². The van der Waals surface area contributed by atoms with E-state index in [-0.39, 0.29) is 0 Å². The lowest BCUT2D eigenvalue weighted by Gasteiger charge is -2.37. The minimum Gasteiger partial charge on any atom is -0.317 e. The zero-order valence-electron chi connectivity index (χ0n) is 11.9. The van der Waals surface area contributed by atoms with Crippen LogP contribution in [0.1, 0.15) is 52.4 Å². The molecular weight excluding hydrogens is 208 g/mol. The maximum absolute atomic E-state index is 3.55. The molecule has 0 aromatic heterocycles. The molecule has 2 aliphatic rings. The lowest BCUT2D eigenvalue weighted by Crippen LogP contribution is -2.45. The molecule has 1 saturated heterocycles. The molecule has 2 nitrogen and oxygen atoms in total. The molecule has 1 aliphatic heterocycles. The molecule has 0 aromatic carbocycles. The van der Waals surface area contributed by atoms with E-state index >= 15 is 0 Å². The first-order valence-corrected chi connectivity index (χ1v) is 7.63. The van der Waals surface area contributed by atoms with E-state index in [1.807, 2.05) is 0 Å². The summed E-state index contributed by atoms with van der Waals surface area (Å²) in [6.07, 6.45) is 8.54. The average molecular weight is 238 g/mol. The second-order valence-corrected chi connectivity index (χ2v) is 6.39. The molecule has 100 valence electrons. The summed E-state index contributed by atoms with van der Waals surface area (Å²) in [6.45, 7) is 7.46. The molecule has 2 rings (SSSR count). The van der Waals surface area contributed by atoms with Crippen LogP contribution in [0.3, 0.4) is 0 Å². The summed E-state index contributed by atoms with van der Waals surface area (Å²) in [5, 5.41) is 3.55. The van der Waals surface area contributed by atoms with Gasteiger partial charge in [-0.3, -0.25) is 4.90 Å². The van der Waals surface area contributed by atoms with Crippen LogP contribution < -0.4 is 5.32 Å². The van der Waals surface area contributed by atoms with Crippen molar-refractivity contribution >= 4 is 0 Å². The fraction of sp³-hybridized carbons (Fsp3) is 1.00. The van der Waals surface area contributed by atoms with E-state index in [9.17, 15) is 0 Å². The van der Waals surface area contributed by atoms with Crippen molar-refractivity contribution in [3.05, 3.63) is 0 Å². The van der Waals surface area contributed by atoms with Crippen LogP contribution in [0.4, 0.5) is 0 Å². The summed E-state index contributed by atoms with van der Waals surface area (Å²) in [5.41, 5.74) is 0. The van der Waals surface area contributed by atoms with Crippen molar-refractivity contribution in [1.82, 2.24) is 10.2 Å². The quantitative estimate of drug-likeness (QED) is 0.810. The first-order chi connectivity index (χ1) is 8.22. The molecule has 0 spiro atoms. The number of hydrogen-bond donors (Lipinski definition) is 1. The van der Waals surface area contributed by atoms with E-state index in [0.29, 0.717) is 0 Å². The number of likely N-dealkylation sites (tertiary alicyclic amines) is 1. The number of hydrogen-bond acceptors (Lipinski definition) is 2. The number of rotatable bonds is 4. The molecule has 1 aliphatic carbocycles. The Morgan fingerprint density at radius 2 is 1.88 bits per heavy atom. The lowest BCUT2D eigenvalue weighted by molar-refractivity contribution is 0.139. The summed E-state index contributed by atoms with van der Waals surface area (Å²) in [4.78, 5) is 2.78. The van der Waals surface area contributed by atoms with Gasteiger partial charge in [0.1, 0.15) is 0 Å². The van der Waals surface area contributed by atoms with Gasteiger partial charge < -0.3 is 5.32 Å². The molecule has 1 saturated carbocycles. The highest BCUT2D eigenvalue weighted by Gasteiger charge is 2.32. The van der Waals surface area contributed by atoms with Gasteiger partial charge in [-0.05, 0) is 51.1 Å². The molecule has 3 atom stereocenters. The van der Waals surface area contributed by atoms with Crippen LogP contribution in [-0.2, 0) is 0 Å². The van der Waals surface area contributed by atoms with Gasteiger partial charge in [-0.1, -0.05) is 26.7 Å². The third-order valence-electron chi connectivity index (χ3n) is 4.93. The SMILES string of the molecule is CNC1CCCCC1CN1CCCC1C(C)C. The third-order valence-corrected chi connectivity index (χ3v) is 4.93. The zero-order chi connectivity index (χ0) is 12.3. The maximum atomic E-state index is 3.55. The Morgan fingerprint density at radius 1 is 1.12 bits per heavy atom. The van der Waals surface area contributed by atoms with Gasteiger partial charge in [0.25, 0.3) is 0 Å². The Morgan fingerprint density at radius 3 is 2.59 bits per heavy atom. The highest BCUT2D eigenvalue weighted by Crippen LogP contribution is 2.30. The van der Waals surface area contributed by atoms with Crippen LogP contribution in [0.25, 0.3) is 0 Å². The molecule has 17 heavy (non-hydrogen) atoms. The second kappa shape index (κ2) is 6.19. The Hall–Kier alpha value is -0.0800. The van der Waals surface area contributed by atoms with Gasteiger partial charge in [0, 0.05) is 18.6 Å². The Bertz CT molecular complexity index is 227. The van der Waals surface area contributed by atoms with Crippen molar-refractivity contribution in [2.45, 2.75) is 64.5 Å². The smallest absolute Gasteiger partial charge is 0.0119 e. The predicted octanol–water partition coefficient (Wildman–Crippen LogP) is 2.89. The van der Waals surface area contributed by atoms with Crippen molar-refractivity contribution in [2.75, 3.05) is 20.1 Å². The fourth-order valence-electron chi connectivity index (χ4n) is 3.94. The molecule has 1 heterocycles. The summed E-state index contributed by atoms with van der Waals surface area (Å²) >= 11 is 0. The van der Waals surface area contributed by atoms with Crippen molar-refractivity contribution in [1.29, 1.82) is 0 Å². The third kappa shape index (κ3) is 3.23. The van der Waals surface area contributed by atoms with Crippen LogP contribution in [0, 0.1) is 11.8 Å². The van der Waals surface area contributed by atoms with Crippen molar-refractivity contribution in [3.8, 4) is 0 Å². The first kappa shape index (κ1) is 13.4. The van der Waals surface area contributed by atoms with Crippen LogP contribution >= 0.6 is 0 Å². The maximum Gasteiger partial charge on any atom is 0.0119 e. The molecule has 0 aromatic rings. The normalized spacial score (nSPS) is 35.6. The van der Waals surface area contributed by atoms with Crippen molar-refractivity contribution in [3.63, 3.8) is 0 Å². The summed E-state index contributed by atoms with van der Waals surface area (Å²) in [5.74, 6) is 1.72. The van der Waals surface area contributed by atoms with Crippen molar-refractivity contribution in [2.24, 2.45) is 11.8 Å². The van der Waals surface area contributed by atoms with Gasteiger partial charge in [-0.25, -0.2) is 0 Å². The molecule has 0 radical (unpaired) electrons. The molecular formula is C15H30N2. The summed E-state index contributed by atoms with van der Waals surface area (Å²) < 4.78 is 0. The van der Waals surface area contributed by atoms with Crippen LogP contribution in [0.5, 0.6) is 0 Å². The van der Waals surface area contributed by atoms with Gasteiger partial charge in [0.2, 0.25) is 0 Å². The Labute approximate surface area is 107 Å². The monoisotopic (exact) mass is 238 g/mol. The summed E-state index contributed by atoms with van der Waals surface area (Å²) in [6, 6.07) is 1.63. The van der Waals surface area contributed by atoms with E-state index in [1.165, 1.54) is 51.6 Å². The van der Waals surface area contributed by atoms with Crippen LogP contribution in [-0.4, -0.2) is 37.1 Å². The number of nitrogens with one attached hydrogen (secondary N) is 1. The molecule has 3 unspecified atom stereocenters. The molecule has 1 N–H and O–H groups in total. The Kier molecular flexibility index (Phi) is 4.87. The van der Waals surface area contributed by atoms with Gasteiger partial charge in [0.15, 0.2) is 0 Å². The second-order valence-electron chi connectivity index (χ2n) is 6.39. The van der Waals surface area contributed by atoms with E-state index < -0.39 is 0 Å². The van der Waals surface area contributed by atoms with Gasteiger partial charge in [-0.15, -0.1) is 0 Å². The van der Waals surface area contributed by atoms with E-state index in [1.54, 1.807) is 0 Å². The largest absolute Gasteiger partial charge is 0.317 e. The zero-order valence-corrected chi connectivity index (χ0v) is 11.9. The van der Waals surface area contributed by atoms with E-state index in [4.69, 9.17) is 0 Å². The molecule has 2 fully saturated rings. The average Bonchev–Trinajstić information content (AvgIpc) is 2.78. The standard InChI is InChI=1S/C15H30N2/c1-12(2)15-9-6-10-17(15)11-13-7-4-5-8-14(13)16-3/h12-16H,4-11H2,1-3H3.